The lowest BCUT2D eigenvalue weighted by Gasteiger charge is -2.25. The van der Waals surface area contributed by atoms with E-state index in [1.807, 2.05) is 30.3 Å². The van der Waals surface area contributed by atoms with Crippen LogP contribution in [0, 0.1) is 0 Å². The summed E-state index contributed by atoms with van der Waals surface area (Å²) >= 11 is 7.58. The van der Waals surface area contributed by atoms with Crippen molar-refractivity contribution in [3.63, 3.8) is 0 Å². The number of hydrogen-bond acceptors (Lipinski definition) is 4. The van der Waals surface area contributed by atoms with Crippen molar-refractivity contribution in [3.05, 3.63) is 52.9 Å². The molecule has 2 aromatic carbocycles. The van der Waals surface area contributed by atoms with Crippen LogP contribution in [0.1, 0.15) is 6.92 Å². The fourth-order valence-electron chi connectivity index (χ4n) is 2.57. The van der Waals surface area contributed by atoms with Gasteiger partial charge >= 0.3 is 0 Å². The van der Waals surface area contributed by atoms with Crippen molar-refractivity contribution in [2.45, 2.75) is 13.0 Å². The smallest absolute Gasteiger partial charge is 0.142 e. The molecule has 4 rings (SSSR count). The summed E-state index contributed by atoms with van der Waals surface area (Å²) in [5, 5.41) is 7.21. The normalized spacial score (nSPS) is 16.3. The summed E-state index contributed by atoms with van der Waals surface area (Å²) in [6.45, 7) is 2.88. The zero-order valence-electron chi connectivity index (χ0n) is 12.5. The van der Waals surface area contributed by atoms with Crippen LogP contribution in [0.15, 0.2) is 47.8 Å². The fraction of sp³-hybridized carbons (Fsp3) is 0.167. The van der Waals surface area contributed by atoms with E-state index in [2.05, 4.69) is 29.8 Å². The molecule has 0 saturated carbocycles. The monoisotopic (exact) mass is 342 g/mol. The number of benzene rings is 2. The van der Waals surface area contributed by atoms with Gasteiger partial charge in [0.15, 0.2) is 0 Å². The number of aromatic nitrogens is 1. The lowest BCUT2D eigenvalue weighted by molar-refractivity contribution is 0.226. The molecule has 3 aromatic rings. The van der Waals surface area contributed by atoms with E-state index >= 15 is 0 Å². The molecule has 3 nitrogen and oxygen atoms in total. The van der Waals surface area contributed by atoms with Crippen LogP contribution in [0.3, 0.4) is 0 Å². The van der Waals surface area contributed by atoms with Crippen molar-refractivity contribution >= 4 is 28.6 Å². The van der Waals surface area contributed by atoms with Crippen molar-refractivity contribution in [1.29, 1.82) is 0 Å². The number of ether oxygens (including phenoxy) is 1. The second-order valence-corrected chi connectivity index (χ2v) is 6.86. The van der Waals surface area contributed by atoms with Crippen LogP contribution >= 0.6 is 22.9 Å². The first-order valence-corrected chi connectivity index (χ1v) is 8.71. The summed E-state index contributed by atoms with van der Waals surface area (Å²) in [7, 11) is 0. The zero-order valence-corrected chi connectivity index (χ0v) is 14.1. The Labute approximate surface area is 143 Å². The highest BCUT2D eigenvalue weighted by molar-refractivity contribution is 7.13. The average Bonchev–Trinajstić information content (AvgIpc) is 3.05. The van der Waals surface area contributed by atoms with Gasteiger partial charge in [0.2, 0.25) is 0 Å². The maximum absolute atomic E-state index is 5.94. The Kier molecular flexibility index (Phi) is 3.71. The third kappa shape index (κ3) is 2.92. The van der Waals surface area contributed by atoms with Gasteiger partial charge < -0.3 is 10.1 Å². The Morgan fingerprint density at radius 1 is 1.17 bits per heavy atom. The Balaban J connectivity index is 1.65. The van der Waals surface area contributed by atoms with Gasteiger partial charge in [-0.05, 0) is 37.3 Å². The standard InChI is InChI=1S/C18H15ClN2OS/c1-11-9-20-15-8-13(4-7-17(15)22-11)16-10-23-18(21-16)12-2-5-14(19)6-3-12/h2-8,10-11,20H,9H2,1H3. The van der Waals surface area contributed by atoms with Crippen LogP contribution in [-0.4, -0.2) is 17.6 Å². The highest BCUT2D eigenvalue weighted by atomic mass is 35.5. The van der Waals surface area contributed by atoms with Gasteiger partial charge in [-0.2, -0.15) is 0 Å². The van der Waals surface area contributed by atoms with E-state index in [0.29, 0.717) is 0 Å². The minimum Gasteiger partial charge on any atom is -0.487 e. The summed E-state index contributed by atoms with van der Waals surface area (Å²) in [6, 6.07) is 13.9. The largest absolute Gasteiger partial charge is 0.487 e. The second kappa shape index (κ2) is 5.87. The molecule has 0 spiro atoms. The Bertz CT molecular complexity index is 844. The van der Waals surface area contributed by atoms with E-state index < -0.39 is 0 Å². The summed E-state index contributed by atoms with van der Waals surface area (Å²) < 4.78 is 5.82. The first-order valence-electron chi connectivity index (χ1n) is 7.45. The summed E-state index contributed by atoms with van der Waals surface area (Å²) in [5.41, 5.74) is 4.18. The molecule has 116 valence electrons. The van der Waals surface area contributed by atoms with Gasteiger partial charge in [0.1, 0.15) is 16.9 Å². The van der Waals surface area contributed by atoms with E-state index in [4.69, 9.17) is 21.3 Å². The Hall–Kier alpha value is -2.04. The SMILES string of the molecule is CC1CNc2cc(-c3csc(-c4ccc(Cl)cc4)n3)ccc2O1. The molecule has 0 radical (unpaired) electrons. The van der Waals surface area contributed by atoms with Gasteiger partial charge in [-0.1, -0.05) is 23.7 Å². The predicted molar refractivity (Wildman–Crippen MR) is 96.6 cm³/mol. The lowest BCUT2D eigenvalue weighted by atomic mass is 10.1. The number of halogens is 1. The molecular formula is C18H15ClN2OS. The molecule has 1 aliphatic heterocycles. The Morgan fingerprint density at radius 2 is 1.96 bits per heavy atom. The van der Waals surface area contributed by atoms with E-state index in [0.717, 1.165) is 44.8 Å². The molecule has 1 N–H and O–H groups in total. The van der Waals surface area contributed by atoms with E-state index in [1.165, 1.54) is 0 Å². The number of nitrogens with zero attached hydrogens (tertiary/aromatic N) is 1. The van der Waals surface area contributed by atoms with Gasteiger partial charge in [0.05, 0.1) is 17.9 Å². The third-order valence-electron chi connectivity index (χ3n) is 3.78. The van der Waals surface area contributed by atoms with Crippen LogP contribution in [0.4, 0.5) is 5.69 Å². The van der Waals surface area contributed by atoms with E-state index in [9.17, 15) is 0 Å². The number of rotatable bonds is 2. The highest BCUT2D eigenvalue weighted by Gasteiger charge is 2.16. The number of nitrogens with one attached hydrogen (secondary N) is 1. The minimum absolute atomic E-state index is 0.198. The van der Waals surface area contributed by atoms with Crippen molar-refractivity contribution < 1.29 is 4.74 Å². The maximum atomic E-state index is 5.94. The lowest BCUT2D eigenvalue weighted by Crippen LogP contribution is -2.27. The molecule has 0 fully saturated rings. The molecule has 0 saturated heterocycles. The van der Waals surface area contributed by atoms with Gasteiger partial charge in [0, 0.05) is 21.5 Å². The molecule has 1 unspecified atom stereocenters. The number of fused-ring (bicyclic) bond motifs is 1. The van der Waals surface area contributed by atoms with Crippen LogP contribution < -0.4 is 10.1 Å². The molecule has 0 bridgehead atoms. The van der Waals surface area contributed by atoms with Crippen molar-refractivity contribution in [2.24, 2.45) is 0 Å². The van der Waals surface area contributed by atoms with Gasteiger partial charge in [-0.3, -0.25) is 0 Å². The zero-order chi connectivity index (χ0) is 15.8. The molecule has 1 atom stereocenters. The Morgan fingerprint density at radius 3 is 2.78 bits per heavy atom. The molecule has 1 aromatic heterocycles. The summed E-state index contributed by atoms with van der Waals surface area (Å²) in [5.74, 6) is 0.903. The average molecular weight is 343 g/mol. The molecule has 0 amide bonds. The first-order chi connectivity index (χ1) is 11.2. The van der Waals surface area contributed by atoms with E-state index in [1.54, 1.807) is 11.3 Å². The first kappa shape index (κ1) is 14.5. The topological polar surface area (TPSA) is 34.2 Å². The second-order valence-electron chi connectivity index (χ2n) is 5.57. The van der Waals surface area contributed by atoms with Crippen LogP contribution in [0.5, 0.6) is 5.75 Å². The number of anilines is 1. The fourth-order valence-corrected chi connectivity index (χ4v) is 3.53. The van der Waals surface area contributed by atoms with Gasteiger partial charge in [0.25, 0.3) is 0 Å². The molecule has 0 aliphatic carbocycles. The van der Waals surface area contributed by atoms with E-state index in [-0.39, 0.29) is 6.10 Å². The maximum Gasteiger partial charge on any atom is 0.142 e. The van der Waals surface area contributed by atoms with Crippen molar-refractivity contribution in [3.8, 4) is 27.6 Å². The van der Waals surface area contributed by atoms with Crippen LogP contribution in [0.25, 0.3) is 21.8 Å². The summed E-state index contributed by atoms with van der Waals surface area (Å²) in [6.07, 6.45) is 0.198. The quantitative estimate of drug-likeness (QED) is 0.684. The van der Waals surface area contributed by atoms with Gasteiger partial charge in [-0.25, -0.2) is 4.98 Å². The summed E-state index contributed by atoms with van der Waals surface area (Å²) in [4.78, 5) is 4.75. The van der Waals surface area contributed by atoms with Crippen LogP contribution in [0.2, 0.25) is 5.02 Å². The molecule has 1 aliphatic rings. The van der Waals surface area contributed by atoms with Crippen molar-refractivity contribution in [2.75, 3.05) is 11.9 Å². The highest BCUT2D eigenvalue weighted by Crippen LogP contribution is 2.35. The molecule has 5 heteroatoms. The van der Waals surface area contributed by atoms with Crippen molar-refractivity contribution in [1.82, 2.24) is 4.98 Å². The predicted octanol–water partition coefficient (Wildman–Crippen LogP) is 5.32. The van der Waals surface area contributed by atoms with Gasteiger partial charge in [-0.15, -0.1) is 11.3 Å². The minimum atomic E-state index is 0.198. The number of hydrogen-bond donors (Lipinski definition) is 1. The molecule has 2 heterocycles. The molecule has 23 heavy (non-hydrogen) atoms. The third-order valence-corrected chi connectivity index (χ3v) is 4.92. The van der Waals surface area contributed by atoms with Crippen LogP contribution in [-0.2, 0) is 0 Å². The number of thiazole rings is 1. The molecular weight excluding hydrogens is 328 g/mol.